The Morgan fingerprint density at radius 2 is 2.10 bits per heavy atom. The van der Waals surface area contributed by atoms with Gasteiger partial charge in [0.25, 0.3) is 11.6 Å². The molecule has 0 fully saturated rings. The van der Waals surface area contributed by atoms with Crippen molar-refractivity contribution in [1.29, 1.82) is 0 Å². The van der Waals surface area contributed by atoms with Crippen molar-refractivity contribution < 1.29 is 24.4 Å². The fourth-order valence-electron chi connectivity index (χ4n) is 1.43. The zero-order valence-electron chi connectivity index (χ0n) is 11.0. The second-order valence-corrected chi connectivity index (χ2v) is 4.25. The van der Waals surface area contributed by atoms with Crippen molar-refractivity contribution >= 4 is 17.6 Å². The Labute approximate surface area is 114 Å². The van der Waals surface area contributed by atoms with Crippen LogP contribution >= 0.6 is 0 Å². The second kappa shape index (κ2) is 6.50. The number of hydrogen-bond acceptors (Lipinski definition) is 5. The fraction of sp³-hybridized carbons (Fsp3) is 0.333. The van der Waals surface area contributed by atoms with E-state index < -0.39 is 16.8 Å². The van der Waals surface area contributed by atoms with Gasteiger partial charge < -0.3 is 15.2 Å². The lowest BCUT2D eigenvalue weighted by atomic mass is 10.2. The van der Waals surface area contributed by atoms with Crippen molar-refractivity contribution in [2.45, 2.75) is 19.9 Å². The van der Waals surface area contributed by atoms with Crippen LogP contribution in [0.15, 0.2) is 18.2 Å². The molecule has 8 nitrogen and oxygen atoms in total. The third-order valence-electron chi connectivity index (χ3n) is 2.21. The van der Waals surface area contributed by atoms with E-state index in [0.29, 0.717) is 0 Å². The van der Waals surface area contributed by atoms with E-state index in [0.717, 1.165) is 18.2 Å². The summed E-state index contributed by atoms with van der Waals surface area (Å²) in [5.74, 6) is -1.87. The Balaban J connectivity index is 2.87. The molecule has 0 heterocycles. The number of non-ortho nitro benzene ring substituents is 1. The molecule has 1 amide bonds. The van der Waals surface area contributed by atoms with Gasteiger partial charge in [-0.05, 0) is 19.9 Å². The van der Waals surface area contributed by atoms with E-state index in [9.17, 15) is 19.7 Å². The van der Waals surface area contributed by atoms with Crippen LogP contribution < -0.4 is 10.1 Å². The summed E-state index contributed by atoms with van der Waals surface area (Å²) in [6.07, 6.45) is 0. The Kier molecular flexibility index (Phi) is 5.01. The lowest BCUT2D eigenvalue weighted by Crippen LogP contribution is -2.34. The largest absolute Gasteiger partial charge is 0.483 e. The summed E-state index contributed by atoms with van der Waals surface area (Å²) in [4.78, 5) is 32.3. The lowest BCUT2D eigenvalue weighted by Gasteiger charge is -2.11. The number of nitrogens with one attached hydrogen (secondary N) is 1. The molecule has 108 valence electrons. The van der Waals surface area contributed by atoms with E-state index in [4.69, 9.17) is 9.84 Å². The maximum absolute atomic E-state index is 11.4. The van der Waals surface area contributed by atoms with E-state index in [1.807, 2.05) is 0 Å². The van der Waals surface area contributed by atoms with Gasteiger partial charge in [0.05, 0.1) is 4.92 Å². The molecule has 0 aromatic heterocycles. The molecule has 0 aliphatic carbocycles. The van der Waals surface area contributed by atoms with Crippen LogP contribution in [0, 0.1) is 10.1 Å². The third-order valence-corrected chi connectivity index (χ3v) is 2.21. The van der Waals surface area contributed by atoms with E-state index >= 15 is 0 Å². The number of carboxylic acids is 1. The molecule has 0 saturated heterocycles. The first-order valence-corrected chi connectivity index (χ1v) is 5.75. The molecular formula is C12H14N2O6. The van der Waals surface area contributed by atoms with Crippen LogP contribution in [-0.2, 0) is 4.79 Å². The van der Waals surface area contributed by atoms with Crippen LogP contribution in [0.3, 0.4) is 0 Å². The Bertz CT molecular complexity index is 541. The Morgan fingerprint density at radius 3 is 2.60 bits per heavy atom. The average Bonchev–Trinajstić information content (AvgIpc) is 2.35. The Morgan fingerprint density at radius 1 is 1.45 bits per heavy atom. The predicted octanol–water partition coefficient (Wildman–Crippen LogP) is 1.20. The van der Waals surface area contributed by atoms with Gasteiger partial charge >= 0.3 is 5.97 Å². The smallest absolute Gasteiger partial charge is 0.339 e. The molecule has 0 atom stereocenters. The molecule has 0 saturated carbocycles. The molecule has 1 rings (SSSR count). The minimum atomic E-state index is -1.37. The monoisotopic (exact) mass is 282 g/mol. The highest BCUT2D eigenvalue weighted by Crippen LogP contribution is 2.24. The van der Waals surface area contributed by atoms with Crippen LogP contribution in [0.1, 0.15) is 24.2 Å². The molecule has 8 heteroatoms. The summed E-state index contributed by atoms with van der Waals surface area (Å²) in [6.45, 7) is 3.18. The molecule has 0 spiro atoms. The number of carbonyl (C=O) groups is 2. The lowest BCUT2D eigenvalue weighted by molar-refractivity contribution is -0.384. The maximum atomic E-state index is 11.4. The van der Waals surface area contributed by atoms with Gasteiger partial charge in [-0.3, -0.25) is 14.9 Å². The minimum Gasteiger partial charge on any atom is -0.483 e. The standard InChI is InChI=1S/C12H14N2O6/c1-7(2)13-11(15)6-20-10-4-3-8(14(18)19)5-9(10)12(16)17/h3-5,7H,6H2,1-2H3,(H,13,15)(H,16,17). The van der Waals surface area contributed by atoms with Crippen LogP contribution in [-0.4, -0.2) is 34.6 Å². The third kappa shape index (κ3) is 4.23. The highest BCUT2D eigenvalue weighted by molar-refractivity contribution is 5.92. The normalized spacial score (nSPS) is 10.2. The van der Waals surface area contributed by atoms with Crippen molar-refractivity contribution in [2.75, 3.05) is 6.61 Å². The predicted molar refractivity (Wildman–Crippen MR) is 68.8 cm³/mol. The average molecular weight is 282 g/mol. The zero-order chi connectivity index (χ0) is 15.3. The summed E-state index contributed by atoms with van der Waals surface area (Å²) < 4.78 is 5.08. The van der Waals surface area contributed by atoms with Gasteiger partial charge in [0.2, 0.25) is 0 Å². The van der Waals surface area contributed by atoms with Gasteiger partial charge in [-0.1, -0.05) is 0 Å². The van der Waals surface area contributed by atoms with Gasteiger partial charge in [0, 0.05) is 18.2 Å². The van der Waals surface area contributed by atoms with Crippen molar-refractivity contribution in [2.24, 2.45) is 0 Å². The number of nitro groups is 1. The molecular weight excluding hydrogens is 268 g/mol. The SMILES string of the molecule is CC(C)NC(=O)COc1ccc([N+](=O)[O-])cc1C(=O)O. The van der Waals surface area contributed by atoms with Gasteiger partial charge in [-0.25, -0.2) is 4.79 Å². The van der Waals surface area contributed by atoms with Crippen LogP contribution in [0.2, 0.25) is 0 Å². The summed E-state index contributed by atoms with van der Waals surface area (Å²) >= 11 is 0. The van der Waals surface area contributed by atoms with Crippen molar-refractivity contribution in [3.8, 4) is 5.75 Å². The quantitative estimate of drug-likeness (QED) is 0.597. The van der Waals surface area contributed by atoms with Crippen molar-refractivity contribution in [3.63, 3.8) is 0 Å². The molecule has 0 unspecified atom stereocenters. The van der Waals surface area contributed by atoms with Crippen molar-refractivity contribution in [1.82, 2.24) is 5.32 Å². The number of carboxylic acid groups (broad SMARTS) is 1. The van der Waals surface area contributed by atoms with E-state index in [2.05, 4.69) is 5.32 Å². The van der Waals surface area contributed by atoms with Gasteiger partial charge in [0.15, 0.2) is 6.61 Å². The number of ether oxygens (including phenoxy) is 1. The maximum Gasteiger partial charge on any atom is 0.339 e. The van der Waals surface area contributed by atoms with Gasteiger partial charge in [0.1, 0.15) is 11.3 Å². The number of amides is 1. The molecule has 0 radical (unpaired) electrons. The Hall–Kier alpha value is -2.64. The van der Waals surface area contributed by atoms with Gasteiger partial charge in [-0.15, -0.1) is 0 Å². The van der Waals surface area contributed by atoms with E-state index in [-0.39, 0.29) is 29.6 Å². The van der Waals surface area contributed by atoms with Gasteiger partial charge in [-0.2, -0.15) is 0 Å². The number of aromatic carboxylic acids is 1. The highest BCUT2D eigenvalue weighted by atomic mass is 16.6. The molecule has 1 aromatic rings. The van der Waals surface area contributed by atoms with Crippen LogP contribution in [0.4, 0.5) is 5.69 Å². The molecule has 0 bridgehead atoms. The van der Waals surface area contributed by atoms with E-state index in [1.54, 1.807) is 13.8 Å². The molecule has 1 aromatic carbocycles. The zero-order valence-corrected chi connectivity index (χ0v) is 11.0. The first-order valence-electron chi connectivity index (χ1n) is 5.75. The summed E-state index contributed by atoms with van der Waals surface area (Å²) in [7, 11) is 0. The number of carbonyl (C=O) groups excluding carboxylic acids is 1. The van der Waals surface area contributed by atoms with Crippen LogP contribution in [0.5, 0.6) is 5.75 Å². The number of rotatable bonds is 6. The minimum absolute atomic E-state index is 0.0677. The number of nitro benzene ring substituents is 1. The second-order valence-electron chi connectivity index (χ2n) is 4.25. The fourth-order valence-corrected chi connectivity index (χ4v) is 1.43. The summed E-state index contributed by atoms with van der Waals surface area (Å²) in [5, 5.41) is 22.1. The highest BCUT2D eigenvalue weighted by Gasteiger charge is 2.17. The first-order chi connectivity index (χ1) is 9.31. The topological polar surface area (TPSA) is 119 Å². The number of benzene rings is 1. The molecule has 0 aliphatic rings. The molecule has 0 aliphatic heterocycles. The number of hydrogen-bond donors (Lipinski definition) is 2. The summed E-state index contributed by atoms with van der Waals surface area (Å²) in [5.41, 5.74) is -0.724. The first kappa shape index (κ1) is 15.4. The summed E-state index contributed by atoms with van der Waals surface area (Å²) in [6, 6.07) is 3.09. The number of nitrogens with zero attached hydrogens (tertiary/aromatic N) is 1. The molecule has 20 heavy (non-hydrogen) atoms. The van der Waals surface area contributed by atoms with E-state index in [1.165, 1.54) is 0 Å². The molecule has 2 N–H and O–H groups in total. The van der Waals surface area contributed by atoms with Crippen molar-refractivity contribution in [3.05, 3.63) is 33.9 Å². The van der Waals surface area contributed by atoms with Crippen LogP contribution in [0.25, 0.3) is 0 Å².